The SMILES string of the molecule is O=C(CO)C(O)C(O)CS. The van der Waals surface area contributed by atoms with Crippen LogP contribution in [0.5, 0.6) is 0 Å². The molecule has 0 amide bonds. The second kappa shape index (κ2) is 4.68. The molecule has 10 heavy (non-hydrogen) atoms. The summed E-state index contributed by atoms with van der Waals surface area (Å²) in [6.07, 6.45) is -2.70. The largest absolute Gasteiger partial charge is 0.389 e. The molecule has 4 nitrogen and oxygen atoms in total. The first-order chi connectivity index (χ1) is 4.63. The maximum absolute atomic E-state index is 10.4. The number of hydrogen-bond acceptors (Lipinski definition) is 5. The smallest absolute Gasteiger partial charge is 0.189 e. The van der Waals surface area contributed by atoms with Gasteiger partial charge in [0.05, 0.1) is 6.10 Å². The minimum atomic E-state index is -1.51. The maximum Gasteiger partial charge on any atom is 0.189 e. The van der Waals surface area contributed by atoms with Gasteiger partial charge in [0, 0.05) is 5.75 Å². The molecule has 5 heteroatoms. The van der Waals surface area contributed by atoms with Gasteiger partial charge in [-0.15, -0.1) is 0 Å². The van der Waals surface area contributed by atoms with E-state index >= 15 is 0 Å². The molecule has 0 rings (SSSR count). The minimum absolute atomic E-state index is 0.00704. The Hall–Kier alpha value is -0.100. The molecule has 3 N–H and O–H groups in total. The van der Waals surface area contributed by atoms with Crippen molar-refractivity contribution < 1.29 is 20.1 Å². The molecule has 0 aliphatic carbocycles. The van der Waals surface area contributed by atoms with Gasteiger partial charge in [-0.05, 0) is 0 Å². The molecule has 0 bridgehead atoms. The van der Waals surface area contributed by atoms with Crippen LogP contribution in [0, 0.1) is 0 Å². The average molecular weight is 166 g/mol. The number of aliphatic hydroxyl groups is 3. The number of carbonyl (C=O) groups is 1. The lowest BCUT2D eigenvalue weighted by atomic mass is 10.1. The summed E-state index contributed by atoms with van der Waals surface area (Å²) in [4.78, 5) is 10.4. The molecule has 0 aromatic heterocycles. The molecule has 0 spiro atoms. The number of Topliss-reactive ketones (excluding diaryl/α,β-unsaturated/α-hetero) is 1. The van der Waals surface area contributed by atoms with Crippen molar-refractivity contribution in [2.45, 2.75) is 12.2 Å². The fraction of sp³-hybridized carbons (Fsp3) is 0.800. The first-order valence-electron chi connectivity index (χ1n) is 2.74. The Bertz CT molecular complexity index is 116. The third kappa shape index (κ3) is 2.66. The van der Waals surface area contributed by atoms with Crippen LogP contribution in [-0.2, 0) is 4.79 Å². The van der Waals surface area contributed by atoms with E-state index in [-0.39, 0.29) is 5.75 Å². The Morgan fingerprint density at radius 3 is 2.30 bits per heavy atom. The molecular weight excluding hydrogens is 156 g/mol. The molecule has 0 aliphatic heterocycles. The standard InChI is InChI=1S/C5H10O4S/c6-1-3(7)5(9)4(8)2-10/h4-6,8-10H,1-2H2. The molecule has 0 aromatic rings. The molecule has 0 aliphatic rings. The Kier molecular flexibility index (Phi) is 4.63. The average Bonchev–Trinajstić information content (AvgIpc) is 2.00. The van der Waals surface area contributed by atoms with Crippen LogP contribution in [0.2, 0.25) is 0 Å². The van der Waals surface area contributed by atoms with Crippen LogP contribution in [0.4, 0.5) is 0 Å². The van der Waals surface area contributed by atoms with Gasteiger partial charge in [-0.1, -0.05) is 0 Å². The van der Waals surface area contributed by atoms with Crippen molar-refractivity contribution in [3.8, 4) is 0 Å². The van der Waals surface area contributed by atoms with E-state index in [1.807, 2.05) is 0 Å². The molecule has 0 heterocycles. The van der Waals surface area contributed by atoms with Gasteiger partial charge in [0.15, 0.2) is 5.78 Å². The lowest BCUT2D eigenvalue weighted by Crippen LogP contribution is -2.36. The fourth-order valence-corrected chi connectivity index (χ4v) is 0.608. The molecule has 0 radical (unpaired) electrons. The van der Waals surface area contributed by atoms with Gasteiger partial charge in [-0.2, -0.15) is 12.6 Å². The van der Waals surface area contributed by atoms with Gasteiger partial charge >= 0.3 is 0 Å². The van der Waals surface area contributed by atoms with Gasteiger partial charge in [-0.3, -0.25) is 4.79 Å². The van der Waals surface area contributed by atoms with Crippen LogP contribution >= 0.6 is 12.6 Å². The van der Waals surface area contributed by atoms with Crippen LogP contribution in [0.3, 0.4) is 0 Å². The van der Waals surface area contributed by atoms with E-state index in [0.717, 1.165) is 0 Å². The predicted octanol–water partition coefficient (Wildman–Crippen LogP) is -1.80. The van der Waals surface area contributed by atoms with Gasteiger partial charge in [0.25, 0.3) is 0 Å². The number of aliphatic hydroxyl groups excluding tert-OH is 3. The Morgan fingerprint density at radius 1 is 1.50 bits per heavy atom. The summed E-state index contributed by atoms with van der Waals surface area (Å²) in [6.45, 7) is -0.758. The van der Waals surface area contributed by atoms with E-state index in [0.29, 0.717) is 0 Å². The highest BCUT2D eigenvalue weighted by atomic mass is 32.1. The summed E-state index contributed by atoms with van der Waals surface area (Å²) >= 11 is 3.64. The third-order valence-corrected chi connectivity index (χ3v) is 1.41. The Morgan fingerprint density at radius 2 is 2.00 bits per heavy atom. The normalized spacial score (nSPS) is 16.4. The second-order valence-electron chi connectivity index (χ2n) is 1.82. The first kappa shape index (κ1) is 9.90. The van der Waals surface area contributed by atoms with Crippen LogP contribution in [-0.4, -0.2) is 45.7 Å². The Labute approximate surface area is 63.9 Å². The number of thiol groups is 1. The highest BCUT2D eigenvalue weighted by molar-refractivity contribution is 7.80. The van der Waals surface area contributed by atoms with Crippen LogP contribution in [0.15, 0.2) is 0 Å². The number of hydrogen-bond donors (Lipinski definition) is 4. The van der Waals surface area contributed by atoms with E-state index in [1.165, 1.54) is 0 Å². The van der Waals surface area contributed by atoms with Crippen molar-refractivity contribution in [2.24, 2.45) is 0 Å². The van der Waals surface area contributed by atoms with E-state index in [1.54, 1.807) is 0 Å². The van der Waals surface area contributed by atoms with Crippen molar-refractivity contribution in [1.29, 1.82) is 0 Å². The van der Waals surface area contributed by atoms with Crippen molar-refractivity contribution in [3.63, 3.8) is 0 Å². The molecule has 0 saturated heterocycles. The number of carbonyl (C=O) groups excluding carboxylic acids is 1. The summed E-state index contributed by atoms with van der Waals surface area (Å²) < 4.78 is 0. The van der Waals surface area contributed by atoms with Crippen molar-refractivity contribution in [3.05, 3.63) is 0 Å². The molecular formula is C5H10O4S. The van der Waals surface area contributed by atoms with E-state index < -0.39 is 24.6 Å². The van der Waals surface area contributed by atoms with Crippen LogP contribution in [0.1, 0.15) is 0 Å². The summed E-state index contributed by atoms with van der Waals surface area (Å²) in [6, 6.07) is 0. The second-order valence-corrected chi connectivity index (χ2v) is 2.18. The zero-order valence-corrected chi connectivity index (χ0v) is 6.16. The molecule has 2 atom stereocenters. The summed E-state index contributed by atoms with van der Waals surface area (Å²) in [7, 11) is 0. The van der Waals surface area contributed by atoms with Gasteiger partial charge in [0.2, 0.25) is 0 Å². The van der Waals surface area contributed by atoms with Gasteiger partial charge in [-0.25, -0.2) is 0 Å². The lowest BCUT2D eigenvalue weighted by Gasteiger charge is -2.12. The third-order valence-electron chi connectivity index (χ3n) is 1.04. The van der Waals surface area contributed by atoms with Gasteiger partial charge < -0.3 is 15.3 Å². The number of rotatable bonds is 4. The zero-order valence-electron chi connectivity index (χ0n) is 5.27. The highest BCUT2D eigenvalue weighted by Crippen LogP contribution is 1.96. The summed E-state index contributed by atoms with van der Waals surface area (Å²) in [5.74, 6) is -0.797. The zero-order chi connectivity index (χ0) is 8.15. The first-order valence-corrected chi connectivity index (χ1v) is 3.37. The van der Waals surface area contributed by atoms with E-state index in [4.69, 9.17) is 15.3 Å². The molecule has 0 fully saturated rings. The maximum atomic E-state index is 10.4. The van der Waals surface area contributed by atoms with E-state index in [2.05, 4.69) is 12.6 Å². The quantitative estimate of drug-likeness (QED) is 0.372. The van der Waals surface area contributed by atoms with Gasteiger partial charge in [0.1, 0.15) is 12.7 Å². The van der Waals surface area contributed by atoms with E-state index in [9.17, 15) is 4.79 Å². The minimum Gasteiger partial charge on any atom is -0.389 e. The molecule has 0 aromatic carbocycles. The highest BCUT2D eigenvalue weighted by Gasteiger charge is 2.21. The molecule has 2 unspecified atom stereocenters. The summed E-state index contributed by atoms with van der Waals surface area (Å²) in [5, 5.41) is 25.8. The topological polar surface area (TPSA) is 77.8 Å². The predicted molar refractivity (Wildman–Crippen MR) is 38.0 cm³/mol. The number of ketones is 1. The van der Waals surface area contributed by atoms with Crippen molar-refractivity contribution in [1.82, 2.24) is 0 Å². The lowest BCUT2D eigenvalue weighted by molar-refractivity contribution is -0.134. The molecule has 60 valence electrons. The van der Waals surface area contributed by atoms with Crippen LogP contribution < -0.4 is 0 Å². The summed E-state index contributed by atoms with van der Waals surface area (Å²) in [5.41, 5.74) is 0. The monoisotopic (exact) mass is 166 g/mol. The molecule has 0 saturated carbocycles. The van der Waals surface area contributed by atoms with Crippen molar-refractivity contribution >= 4 is 18.4 Å². The van der Waals surface area contributed by atoms with Crippen molar-refractivity contribution in [2.75, 3.05) is 12.4 Å². The van der Waals surface area contributed by atoms with Crippen LogP contribution in [0.25, 0.3) is 0 Å². The fourth-order valence-electron chi connectivity index (χ4n) is 0.408. The Balaban J connectivity index is 3.81.